The number of amides is 1. The minimum atomic E-state index is -0.220. The molecule has 0 saturated heterocycles. The second kappa shape index (κ2) is 5.27. The van der Waals surface area contributed by atoms with Gasteiger partial charge in [0.2, 0.25) is 0 Å². The van der Waals surface area contributed by atoms with Gasteiger partial charge >= 0.3 is 0 Å². The number of nitrogens with one attached hydrogen (secondary N) is 2. The molecule has 3 N–H and O–H groups in total. The quantitative estimate of drug-likeness (QED) is 0.768. The number of aromatic amines is 1. The number of hydrogen-bond acceptors (Lipinski definition) is 3. The fraction of sp³-hybridized carbons (Fsp3) is 0.154. The second-order valence-electron chi connectivity index (χ2n) is 3.76. The molecule has 1 aromatic heterocycles. The van der Waals surface area contributed by atoms with Crippen LogP contribution in [0.2, 0.25) is 0 Å². The predicted molar refractivity (Wildman–Crippen MR) is 66.6 cm³/mol. The largest absolute Gasteiger partial charge is 0.504 e. The number of benzene rings is 1. The molecule has 0 fully saturated rings. The van der Waals surface area contributed by atoms with Crippen LogP contribution in [0.15, 0.2) is 36.5 Å². The first-order valence-corrected chi connectivity index (χ1v) is 5.48. The van der Waals surface area contributed by atoms with Gasteiger partial charge in [0.1, 0.15) is 0 Å². The molecule has 0 radical (unpaired) electrons. The third-order valence-electron chi connectivity index (χ3n) is 2.54. The lowest BCUT2D eigenvalue weighted by Crippen LogP contribution is -2.22. The van der Waals surface area contributed by atoms with E-state index < -0.39 is 0 Å². The number of aromatic nitrogens is 1. The van der Waals surface area contributed by atoms with Gasteiger partial charge in [-0.15, -0.1) is 0 Å². The molecular weight excluding hydrogens is 232 g/mol. The summed E-state index contributed by atoms with van der Waals surface area (Å²) in [7, 11) is 1.44. The summed E-state index contributed by atoms with van der Waals surface area (Å²) in [4.78, 5) is 14.9. The Morgan fingerprint density at radius 3 is 2.94 bits per heavy atom. The van der Waals surface area contributed by atoms with E-state index in [4.69, 9.17) is 4.74 Å². The molecule has 0 bridgehead atoms. The molecule has 94 valence electrons. The van der Waals surface area contributed by atoms with E-state index in [9.17, 15) is 9.90 Å². The Morgan fingerprint density at radius 2 is 2.28 bits per heavy atom. The minimum absolute atomic E-state index is 0.0124. The Kier molecular flexibility index (Phi) is 3.52. The van der Waals surface area contributed by atoms with E-state index in [0.29, 0.717) is 12.1 Å². The van der Waals surface area contributed by atoms with E-state index >= 15 is 0 Å². The molecule has 5 nitrogen and oxygen atoms in total. The monoisotopic (exact) mass is 246 g/mol. The first kappa shape index (κ1) is 12.0. The number of H-pyrrole nitrogens is 1. The Labute approximate surface area is 104 Å². The summed E-state index contributed by atoms with van der Waals surface area (Å²) < 4.78 is 4.95. The Balaban J connectivity index is 2.04. The molecule has 0 unspecified atom stereocenters. The summed E-state index contributed by atoms with van der Waals surface area (Å²) in [5.41, 5.74) is 1.37. The van der Waals surface area contributed by atoms with Crippen LogP contribution in [0.1, 0.15) is 16.1 Å². The van der Waals surface area contributed by atoms with Crippen molar-refractivity contribution in [3.8, 4) is 11.5 Å². The maximum absolute atomic E-state index is 11.9. The van der Waals surface area contributed by atoms with Crippen molar-refractivity contribution in [1.82, 2.24) is 10.3 Å². The number of hydrogen-bond donors (Lipinski definition) is 3. The number of carbonyl (C=O) groups is 1. The van der Waals surface area contributed by atoms with Crippen LogP contribution in [0, 0.1) is 0 Å². The minimum Gasteiger partial charge on any atom is -0.504 e. The van der Waals surface area contributed by atoms with Gasteiger partial charge in [-0.3, -0.25) is 4.79 Å². The third-order valence-corrected chi connectivity index (χ3v) is 2.54. The van der Waals surface area contributed by atoms with Gasteiger partial charge in [0, 0.05) is 17.5 Å². The lowest BCUT2D eigenvalue weighted by atomic mass is 10.2. The molecular formula is C13H14N2O3. The second-order valence-corrected chi connectivity index (χ2v) is 3.76. The van der Waals surface area contributed by atoms with Crippen LogP contribution in [-0.2, 0) is 6.54 Å². The Morgan fingerprint density at radius 1 is 1.44 bits per heavy atom. The van der Waals surface area contributed by atoms with Crippen molar-refractivity contribution in [1.29, 1.82) is 0 Å². The van der Waals surface area contributed by atoms with Gasteiger partial charge in [-0.25, -0.2) is 0 Å². The van der Waals surface area contributed by atoms with E-state index in [1.165, 1.54) is 19.2 Å². The molecule has 0 saturated carbocycles. The van der Waals surface area contributed by atoms with Gasteiger partial charge in [-0.2, -0.15) is 0 Å². The summed E-state index contributed by atoms with van der Waals surface area (Å²) in [5.74, 6) is 0.0730. The number of phenolic OH excluding ortho intramolecular Hbond substituents is 1. The van der Waals surface area contributed by atoms with Crippen molar-refractivity contribution in [3.05, 3.63) is 47.8 Å². The van der Waals surface area contributed by atoms with Crippen molar-refractivity contribution in [2.45, 2.75) is 6.54 Å². The van der Waals surface area contributed by atoms with Crippen molar-refractivity contribution >= 4 is 5.91 Å². The van der Waals surface area contributed by atoms with E-state index in [-0.39, 0.29) is 17.4 Å². The summed E-state index contributed by atoms with van der Waals surface area (Å²) in [6.07, 6.45) is 1.80. The average molecular weight is 246 g/mol. The molecule has 2 rings (SSSR count). The highest BCUT2D eigenvalue weighted by Gasteiger charge is 2.09. The van der Waals surface area contributed by atoms with Crippen molar-refractivity contribution in [2.24, 2.45) is 0 Å². The van der Waals surface area contributed by atoms with Crippen LogP contribution in [0.4, 0.5) is 0 Å². The summed E-state index contributed by atoms with van der Waals surface area (Å²) >= 11 is 0. The molecule has 0 atom stereocenters. The first-order valence-electron chi connectivity index (χ1n) is 5.48. The molecule has 0 aliphatic rings. The van der Waals surface area contributed by atoms with Gasteiger partial charge in [0.15, 0.2) is 11.5 Å². The highest BCUT2D eigenvalue weighted by Crippen LogP contribution is 2.26. The Hall–Kier alpha value is -2.43. The normalized spacial score (nSPS) is 10.1. The summed E-state index contributed by atoms with van der Waals surface area (Å²) in [5, 5.41) is 12.2. The molecule has 1 heterocycles. The van der Waals surface area contributed by atoms with Crippen LogP contribution >= 0.6 is 0 Å². The van der Waals surface area contributed by atoms with Gasteiger partial charge in [-0.1, -0.05) is 0 Å². The molecule has 1 amide bonds. The maximum atomic E-state index is 11.9. The zero-order chi connectivity index (χ0) is 13.0. The SMILES string of the molecule is COc1cc(C(=O)NCc2ccc[nH]2)ccc1O. The van der Waals surface area contributed by atoms with Crippen LogP contribution in [0.25, 0.3) is 0 Å². The smallest absolute Gasteiger partial charge is 0.251 e. The molecule has 0 aliphatic carbocycles. The molecule has 1 aromatic carbocycles. The first-order chi connectivity index (χ1) is 8.70. The van der Waals surface area contributed by atoms with Crippen LogP contribution < -0.4 is 10.1 Å². The zero-order valence-electron chi connectivity index (χ0n) is 9.93. The number of aromatic hydroxyl groups is 1. The standard InChI is InChI=1S/C13H14N2O3/c1-18-12-7-9(4-5-11(12)16)13(17)15-8-10-3-2-6-14-10/h2-7,14,16H,8H2,1H3,(H,15,17). The molecule has 0 spiro atoms. The van der Waals surface area contributed by atoms with E-state index in [1.807, 2.05) is 12.1 Å². The number of methoxy groups -OCH3 is 1. The highest BCUT2D eigenvalue weighted by atomic mass is 16.5. The van der Waals surface area contributed by atoms with Gasteiger partial charge in [-0.05, 0) is 30.3 Å². The summed E-state index contributed by atoms with van der Waals surface area (Å²) in [6, 6.07) is 8.23. The number of ether oxygens (including phenoxy) is 1. The zero-order valence-corrected chi connectivity index (χ0v) is 9.93. The fourth-order valence-electron chi connectivity index (χ4n) is 1.57. The molecule has 0 aliphatic heterocycles. The van der Waals surface area contributed by atoms with Crippen molar-refractivity contribution in [2.75, 3.05) is 7.11 Å². The molecule has 18 heavy (non-hydrogen) atoms. The number of phenols is 1. The third kappa shape index (κ3) is 2.63. The fourth-order valence-corrected chi connectivity index (χ4v) is 1.57. The van der Waals surface area contributed by atoms with Crippen molar-refractivity contribution in [3.63, 3.8) is 0 Å². The Bertz CT molecular complexity index is 535. The van der Waals surface area contributed by atoms with Crippen LogP contribution in [0.5, 0.6) is 11.5 Å². The van der Waals surface area contributed by atoms with Gasteiger partial charge in [0.25, 0.3) is 5.91 Å². The van der Waals surface area contributed by atoms with Gasteiger partial charge in [0.05, 0.1) is 13.7 Å². The van der Waals surface area contributed by atoms with Gasteiger partial charge < -0.3 is 20.1 Å². The van der Waals surface area contributed by atoms with E-state index in [2.05, 4.69) is 10.3 Å². The van der Waals surface area contributed by atoms with Crippen LogP contribution in [0.3, 0.4) is 0 Å². The van der Waals surface area contributed by atoms with E-state index in [0.717, 1.165) is 5.69 Å². The average Bonchev–Trinajstić information content (AvgIpc) is 2.89. The number of rotatable bonds is 4. The molecule has 5 heteroatoms. The van der Waals surface area contributed by atoms with E-state index in [1.54, 1.807) is 12.3 Å². The van der Waals surface area contributed by atoms with Crippen LogP contribution in [-0.4, -0.2) is 23.1 Å². The summed E-state index contributed by atoms with van der Waals surface area (Å²) in [6.45, 7) is 0.426. The maximum Gasteiger partial charge on any atom is 0.251 e. The lowest BCUT2D eigenvalue weighted by Gasteiger charge is -2.07. The number of carbonyl (C=O) groups excluding carboxylic acids is 1. The predicted octanol–water partition coefficient (Wildman–Crippen LogP) is 1.66. The highest BCUT2D eigenvalue weighted by molar-refractivity contribution is 5.94. The van der Waals surface area contributed by atoms with Crippen molar-refractivity contribution < 1.29 is 14.6 Å². The molecule has 2 aromatic rings. The topological polar surface area (TPSA) is 74.3 Å². The lowest BCUT2D eigenvalue weighted by molar-refractivity contribution is 0.0950.